The van der Waals surface area contributed by atoms with Crippen LogP contribution in [0.2, 0.25) is 0 Å². The minimum atomic E-state index is 0.609. The SMILES string of the molecule is [C-]#[N+]c1cccc(-c2ccc(CCc3cc(CCc4ccc(-c5cccc(C#N)c5)nc4)cc(-c4ccccc4-c4ccc(-c5cccc(-c6ccc(-c7ccccc7)cc6)c5)nc4)c3)cn2)c1. The number of rotatable bonds is 13. The first-order valence-electron chi connectivity index (χ1n) is 22.9. The highest BCUT2D eigenvalue weighted by Gasteiger charge is 2.13. The maximum atomic E-state index is 9.40. The highest BCUT2D eigenvalue weighted by atomic mass is 14.7. The monoisotopic (exact) mass is 871 g/mol. The Morgan fingerprint density at radius 1 is 0.353 bits per heavy atom. The van der Waals surface area contributed by atoms with Gasteiger partial charge in [-0.1, -0.05) is 164 Å². The molecule has 0 radical (unpaired) electrons. The van der Waals surface area contributed by atoms with Crippen molar-refractivity contribution in [3.63, 3.8) is 0 Å². The van der Waals surface area contributed by atoms with Crippen LogP contribution in [0.15, 0.2) is 225 Å². The van der Waals surface area contributed by atoms with Crippen molar-refractivity contribution in [3.8, 4) is 84.3 Å². The summed E-state index contributed by atoms with van der Waals surface area (Å²) < 4.78 is 0. The predicted octanol–water partition coefficient (Wildman–Crippen LogP) is 15.5. The number of aryl methyl sites for hydroxylation is 4. The van der Waals surface area contributed by atoms with E-state index >= 15 is 0 Å². The van der Waals surface area contributed by atoms with E-state index in [9.17, 15) is 5.26 Å². The third kappa shape index (κ3) is 9.94. The first-order valence-corrected chi connectivity index (χ1v) is 22.9. The molecule has 0 aliphatic heterocycles. The molecular formula is C63H45N5. The Morgan fingerprint density at radius 2 is 0.824 bits per heavy atom. The molecule has 0 unspecified atom stereocenters. The summed E-state index contributed by atoms with van der Waals surface area (Å²) in [5.41, 5.74) is 20.9. The molecule has 0 saturated carbocycles. The molecule has 7 aromatic carbocycles. The molecule has 5 heteroatoms. The fourth-order valence-corrected chi connectivity index (χ4v) is 8.81. The van der Waals surface area contributed by atoms with Gasteiger partial charge in [0.25, 0.3) is 0 Å². The van der Waals surface area contributed by atoms with Gasteiger partial charge in [-0.05, 0) is 135 Å². The third-order valence-electron chi connectivity index (χ3n) is 12.5. The molecule has 10 aromatic rings. The molecule has 5 nitrogen and oxygen atoms in total. The van der Waals surface area contributed by atoms with Crippen LogP contribution in [-0.2, 0) is 25.7 Å². The second-order valence-electron chi connectivity index (χ2n) is 17.0. The molecular weight excluding hydrogens is 827 g/mol. The van der Waals surface area contributed by atoms with E-state index in [0.717, 1.165) is 92.8 Å². The maximum Gasteiger partial charge on any atom is 0.187 e. The molecule has 0 atom stereocenters. The molecule has 0 saturated heterocycles. The number of nitrogens with zero attached hydrogens (tertiary/aromatic N) is 5. The minimum absolute atomic E-state index is 0.609. The van der Waals surface area contributed by atoms with Gasteiger partial charge in [0.15, 0.2) is 5.69 Å². The summed E-state index contributed by atoms with van der Waals surface area (Å²) >= 11 is 0. The van der Waals surface area contributed by atoms with Crippen molar-refractivity contribution in [1.29, 1.82) is 5.26 Å². The number of aromatic nitrogens is 3. The van der Waals surface area contributed by atoms with Crippen LogP contribution in [0.25, 0.3) is 83.1 Å². The Bertz CT molecular complexity index is 3310. The molecule has 3 aromatic heterocycles. The molecule has 0 N–H and O–H groups in total. The van der Waals surface area contributed by atoms with Gasteiger partial charge < -0.3 is 0 Å². The third-order valence-corrected chi connectivity index (χ3v) is 12.5. The summed E-state index contributed by atoms with van der Waals surface area (Å²) in [6.07, 6.45) is 9.29. The van der Waals surface area contributed by atoms with E-state index in [0.29, 0.717) is 11.3 Å². The quantitative estimate of drug-likeness (QED) is 0.108. The summed E-state index contributed by atoms with van der Waals surface area (Å²) in [5.74, 6) is 0. The largest absolute Gasteiger partial charge is 0.256 e. The van der Waals surface area contributed by atoms with E-state index in [4.69, 9.17) is 21.5 Å². The zero-order chi connectivity index (χ0) is 46.1. The molecule has 10 rings (SSSR count). The van der Waals surface area contributed by atoms with Crippen molar-refractivity contribution >= 4 is 5.69 Å². The Balaban J connectivity index is 0.911. The van der Waals surface area contributed by atoms with Crippen LogP contribution < -0.4 is 0 Å². The first-order chi connectivity index (χ1) is 33.5. The molecule has 0 fully saturated rings. The van der Waals surface area contributed by atoms with Crippen LogP contribution in [0, 0.1) is 17.9 Å². The molecule has 322 valence electrons. The van der Waals surface area contributed by atoms with Crippen molar-refractivity contribution in [1.82, 2.24) is 15.0 Å². The van der Waals surface area contributed by atoms with E-state index in [1.807, 2.05) is 79.3 Å². The second-order valence-corrected chi connectivity index (χ2v) is 17.0. The van der Waals surface area contributed by atoms with Crippen molar-refractivity contribution in [2.75, 3.05) is 0 Å². The molecule has 0 aliphatic rings. The van der Waals surface area contributed by atoms with Crippen LogP contribution in [-0.4, -0.2) is 15.0 Å². The smallest absolute Gasteiger partial charge is 0.187 e. The lowest BCUT2D eigenvalue weighted by molar-refractivity contribution is 0.923. The highest BCUT2D eigenvalue weighted by molar-refractivity contribution is 5.84. The second kappa shape index (κ2) is 20.0. The predicted molar refractivity (Wildman–Crippen MR) is 277 cm³/mol. The van der Waals surface area contributed by atoms with Gasteiger partial charge in [0.2, 0.25) is 0 Å². The summed E-state index contributed by atoms with van der Waals surface area (Å²) in [6.45, 7) is 7.41. The van der Waals surface area contributed by atoms with Crippen LogP contribution in [0.3, 0.4) is 0 Å². The zero-order valence-corrected chi connectivity index (χ0v) is 37.4. The number of hydrogen-bond donors (Lipinski definition) is 0. The Morgan fingerprint density at radius 3 is 1.41 bits per heavy atom. The van der Waals surface area contributed by atoms with Crippen LogP contribution >= 0.6 is 0 Å². The normalized spacial score (nSPS) is 10.9. The summed E-state index contributed by atoms with van der Waals surface area (Å²) in [7, 11) is 0. The van der Waals surface area contributed by atoms with Gasteiger partial charge in [-0.2, -0.15) is 5.26 Å². The topological polar surface area (TPSA) is 66.8 Å². The van der Waals surface area contributed by atoms with Gasteiger partial charge in [0.1, 0.15) is 0 Å². The molecule has 0 bridgehead atoms. The summed E-state index contributed by atoms with van der Waals surface area (Å²) in [4.78, 5) is 18.2. The zero-order valence-electron chi connectivity index (χ0n) is 37.4. The minimum Gasteiger partial charge on any atom is -0.256 e. The lowest BCUT2D eigenvalue weighted by atomic mass is 9.90. The summed E-state index contributed by atoms with van der Waals surface area (Å²) in [6, 6.07) is 73.6. The average Bonchev–Trinajstić information content (AvgIpc) is 3.42. The average molecular weight is 872 g/mol. The van der Waals surface area contributed by atoms with Crippen molar-refractivity contribution in [2.45, 2.75) is 25.7 Å². The van der Waals surface area contributed by atoms with E-state index in [1.54, 1.807) is 0 Å². The molecule has 68 heavy (non-hydrogen) atoms. The van der Waals surface area contributed by atoms with Crippen LogP contribution in [0.4, 0.5) is 5.69 Å². The van der Waals surface area contributed by atoms with E-state index < -0.39 is 0 Å². The highest BCUT2D eigenvalue weighted by Crippen LogP contribution is 2.35. The summed E-state index contributed by atoms with van der Waals surface area (Å²) in [5, 5.41) is 9.40. The number of hydrogen-bond acceptors (Lipinski definition) is 4. The van der Waals surface area contributed by atoms with Gasteiger partial charge in [-0.3, -0.25) is 15.0 Å². The van der Waals surface area contributed by atoms with Gasteiger partial charge >= 0.3 is 0 Å². The van der Waals surface area contributed by atoms with Gasteiger partial charge in [0.05, 0.1) is 35.3 Å². The number of benzene rings is 7. The molecule has 0 aliphatic carbocycles. The van der Waals surface area contributed by atoms with E-state index in [1.165, 1.54) is 33.4 Å². The van der Waals surface area contributed by atoms with Crippen molar-refractivity contribution in [2.24, 2.45) is 0 Å². The Kier molecular flexibility index (Phi) is 12.6. The lowest BCUT2D eigenvalue weighted by Gasteiger charge is -2.15. The lowest BCUT2D eigenvalue weighted by Crippen LogP contribution is -1.99. The molecule has 0 amide bonds. The van der Waals surface area contributed by atoms with Crippen LogP contribution in [0.5, 0.6) is 0 Å². The Labute approximate surface area is 398 Å². The van der Waals surface area contributed by atoms with Crippen molar-refractivity contribution in [3.05, 3.63) is 264 Å². The van der Waals surface area contributed by atoms with Crippen LogP contribution in [0.1, 0.15) is 27.8 Å². The molecule has 3 heterocycles. The van der Waals surface area contributed by atoms with E-state index in [-0.39, 0.29) is 0 Å². The fraction of sp³-hybridized carbons (Fsp3) is 0.0635. The van der Waals surface area contributed by atoms with E-state index in [2.05, 4.69) is 157 Å². The van der Waals surface area contributed by atoms with Gasteiger partial charge in [-0.25, -0.2) is 4.85 Å². The molecule has 0 spiro atoms. The number of pyridine rings is 3. The maximum absolute atomic E-state index is 9.40. The standard InChI is InChI=1S/C63H45N5/c1-65-58-17-9-16-55(39-58)62-32-25-45(42-67-62)21-23-47-34-46(22-20-44-24-31-61(66-41-44)53-14-7-10-48(37-53)40-64)35-57(36-47)60-19-6-5-18-59(60)56-30-33-63(68-43-56)54-15-8-13-52(38-54)51-28-26-50(27-29-51)49-11-3-2-4-12-49/h2-19,24-39,41-43H,20-23H2. The fourth-order valence-electron chi connectivity index (χ4n) is 8.81. The van der Waals surface area contributed by atoms with Gasteiger partial charge in [-0.15, -0.1) is 0 Å². The van der Waals surface area contributed by atoms with Crippen molar-refractivity contribution < 1.29 is 0 Å². The first kappa shape index (κ1) is 42.9. The van der Waals surface area contributed by atoms with Gasteiger partial charge in [0, 0.05) is 35.3 Å². The number of nitriles is 1. The Hall–Kier alpha value is -9.03.